The quantitative estimate of drug-likeness (QED) is 0.307. The molecule has 2 N–H and O–H groups in total. The Morgan fingerprint density at radius 1 is 1.03 bits per heavy atom. The highest BCUT2D eigenvalue weighted by molar-refractivity contribution is 7.10. The molecular formula is C30H36N4O2S. The molecule has 0 saturated carbocycles. The molecule has 1 saturated heterocycles. The number of carbonyl (C=O) groups excluding carboxylic acids is 1. The Labute approximate surface area is 222 Å². The average molecular weight is 517 g/mol. The maximum atomic E-state index is 13.2. The lowest BCUT2D eigenvalue weighted by Crippen LogP contribution is -2.38. The average Bonchev–Trinajstić information content (AvgIpc) is 3.50. The monoisotopic (exact) mass is 516 g/mol. The lowest BCUT2D eigenvalue weighted by atomic mass is 9.78. The largest absolute Gasteiger partial charge is 0.507 e. The van der Waals surface area contributed by atoms with Crippen LogP contribution >= 0.6 is 11.3 Å². The zero-order valence-electron chi connectivity index (χ0n) is 22.6. The maximum absolute atomic E-state index is 13.2. The molecule has 5 rings (SSSR count). The van der Waals surface area contributed by atoms with Gasteiger partial charge in [0.05, 0.1) is 16.2 Å². The number of phenolic OH excluding ortho intramolecular Hbond substituents is 1. The van der Waals surface area contributed by atoms with E-state index < -0.39 is 0 Å². The highest BCUT2D eigenvalue weighted by Gasteiger charge is 2.30. The number of nitrogens with one attached hydrogen (secondary N) is 1. The van der Waals surface area contributed by atoms with Crippen molar-refractivity contribution in [2.75, 3.05) is 13.1 Å². The number of hydrogen-bond acceptors (Lipinski definition) is 5. The standard InChI is InChI=1S/C30H36N4O2S/c1-29(2,3)21-15-19(16-22(26(21)35)30(4,5)6)24-17-37-27(31-24)18-11-13-34(14-12-18)28(36)25-20-9-7-8-10-23(20)32-33-25/h7-10,15-18,35H,11-14H2,1-6H3,(H,32,33). The number of aromatic nitrogens is 3. The topological polar surface area (TPSA) is 82.1 Å². The number of rotatable bonds is 3. The van der Waals surface area contributed by atoms with Crippen molar-refractivity contribution in [1.82, 2.24) is 20.1 Å². The van der Waals surface area contributed by atoms with Crippen molar-refractivity contribution in [1.29, 1.82) is 0 Å². The van der Waals surface area contributed by atoms with Crippen LogP contribution in [0.2, 0.25) is 0 Å². The number of benzene rings is 2. The van der Waals surface area contributed by atoms with E-state index in [1.54, 1.807) is 11.3 Å². The van der Waals surface area contributed by atoms with Crippen molar-refractivity contribution >= 4 is 28.1 Å². The third-order valence-electron chi connectivity index (χ3n) is 7.35. The summed E-state index contributed by atoms with van der Waals surface area (Å²) in [4.78, 5) is 20.1. The summed E-state index contributed by atoms with van der Waals surface area (Å²) >= 11 is 1.70. The number of aromatic hydroxyl groups is 1. The second kappa shape index (κ2) is 9.28. The van der Waals surface area contributed by atoms with Gasteiger partial charge in [0, 0.05) is 46.5 Å². The van der Waals surface area contributed by atoms with Crippen LogP contribution in [0.4, 0.5) is 0 Å². The molecular weight excluding hydrogens is 480 g/mol. The van der Waals surface area contributed by atoms with Gasteiger partial charge in [-0.25, -0.2) is 4.98 Å². The Morgan fingerprint density at radius 2 is 1.65 bits per heavy atom. The van der Waals surface area contributed by atoms with E-state index in [-0.39, 0.29) is 16.7 Å². The van der Waals surface area contributed by atoms with E-state index in [9.17, 15) is 9.90 Å². The first kappa shape index (κ1) is 25.5. The fourth-order valence-electron chi connectivity index (χ4n) is 5.14. The Hall–Kier alpha value is -3.19. The summed E-state index contributed by atoms with van der Waals surface area (Å²) in [7, 11) is 0. The van der Waals surface area contributed by atoms with Gasteiger partial charge in [0.1, 0.15) is 5.75 Å². The molecule has 0 atom stereocenters. The molecule has 1 aliphatic heterocycles. The number of aromatic amines is 1. The molecule has 1 amide bonds. The number of hydrogen-bond donors (Lipinski definition) is 2. The van der Waals surface area contributed by atoms with Crippen LogP contribution in [0.5, 0.6) is 5.75 Å². The van der Waals surface area contributed by atoms with Crippen LogP contribution in [0.3, 0.4) is 0 Å². The van der Waals surface area contributed by atoms with Crippen LogP contribution < -0.4 is 0 Å². The Morgan fingerprint density at radius 3 is 2.27 bits per heavy atom. The van der Waals surface area contributed by atoms with Crippen LogP contribution in [0.1, 0.15) is 86.9 Å². The molecule has 0 spiro atoms. The fourth-order valence-corrected chi connectivity index (χ4v) is 6.14. The Kier molecular flexibility index (Phi) is 6.39. The van der Waals surface area contributed by atoms with E-state index in [1.165, 1.54) is 0 Å². The van der Waals surface area contributed by atoms with Crippen LogP contribution in [0, 0.1) is 0 Å². The molecule has 37 heavy (non-hydrogen) atoms. The second-order valence-corrected chi connectivity index (χ2v) is 13.1. The lowest BCUT2D eigenvalue weighted by molar-refractivity contribution is 0.0709. The number of piperidine rings is 1. The van der Waals surface area contributed by atoms with Gasteiger partial charge in [-0.2, -0.15) is 5.10 Å². The minimum absolute atomic E-state index is 0.00996. The predicted octanol–water partition coefficient (Wildman–Crippen LogP) is 7.01. The van der Waals surface area contributed by atoms with Gasteiger partial charge in [-0.1, -0.05) is 59.7 Å². The molecule has 0 unspecified atom stereocenters. The van der Waals surface area contributed by atoms with Gasteiger partial charge in [-0.05, 0) is 41.9 Å². The minimum Gasteiger partial charge on any atom is -0.507 e. The molecule has 0 aliphatic carbocycles. The van der Waals surface area contributed by atoms with Gasteiger partial charge in [-0.3, -0.25) is 9.89 Å². The smallest absolute Gasteiger partial charge is 0.274 e. The van der Waals surface area contributed by atoms with E-state index in [2.05, 4.69) is 69.3 Å². The first-order chi connectivity index (χ1) is 17.4. The number of phenols is 1. The third kappa shape index (κ3) is 4.89. The number of fused-ring (bicyclic) bond motifs is 1. The van der Waals surface area contributed by atoms with Gasteiger partial charge in [-0.15, -0.1) is 11.3 Å². The van der Waals surface area contributed by atoms with Crippen molar-refractivity contribution < 1.29 is 9.90 Å². The second-order valence-electron chi connectivity index (χ2n) is 12.2. The van der Waals surface area contributed by atoms with Crippen LogP contribution in [-0.4, -0.2) is 44.2 Å². The van der Waals surface area contributed by atoms with Crippen molar-refractivity contribution in [3.05, 3.63) is 63.6 Å². The van der Waals surface area contributed by atoms with Gasteiger partial charge < -0.3 is 10.0 Å². The van der Waals surface area contributed by atoms with Gasteiger partial charge in [0.2, 0.25) is 0 Å². The summed E-state index contributed by atoms with van der Waals surface area (Å²) in [5.41, 5.74) is 4.92. The summed E-state index contributed by atoms with van der Waals surface area (Å²) in [5, 5.41) is 22.5. The molecule has 0 radical (unpaired) electrons. The first-order valence-electron chi connectivity index (χ1n) is 13.0. The predicted molar refractivity (Wildman–Crippen MR) is 151 cm³/mol. The molecule has 3 heterocycles. The van der Waals surface area contributed by atoms with Crippen molar-refractivity contribution in [2.45, 2.75) is 71.1 Å². The van der Waals surface area contributed by atoms with Crippen molar-refractivity contribution in [3.63, 3.8) is 0 Å². The number of carbonyl (C=O) groups is 1. The maximum Gasteiger partial charge on any atom is 0.274 e. The molecule has 7 heteroatoms. The number of amides is 1. The number of thiazole rings is 1. The van der Waals surface area contributed by atoms with E-state index in [4.69, 9.17) is 4.98 Å². The summed E-state index contributed by atoms with van der Waals surface area (Å²) in [6.45, 7) is 14.2. The first-order valence-corrected chi connectivity index (χ1v) is 13.9. The van der Waals surface area contributed by atoms with E-state index >= 15 is 0 Å². The van der Waals surface area contributed by atoms with Crippen LogP contribution in [-0.2, 0) is 10.8 Å². The fraction of sp³-hybridized carbons (Fsp3) is 0.433. The Bertz CT molecular complexity index is 1410. The van der Waals surface area contributed by atoms with E-state index in [0.717, 1.165) is 51.1 Å². The summed E-state index contributed by atoms with van der Waals surface area (Å²) in [6.07, 6.45) is 1.77. The zero-order chi connectivity index (χ0) is 26.5. The summed E-state index contributed by atoms with van der Waals surface area (Å²) in [6, 6.07) is 11.9. The minimum atomic E-state index is -0.183. The zero-order valence-corrected chi connectivity index (χ0v) is 23.4. The molecule has 1 aliphatic rings. The van der Waals surface area contributed by atoms with Crippen LogP contribution in [0.15, 0.2) is 41.8 Å². The lowest BCUT2D eigenvalue weighted by Gasteiger charge is -2.30. The molecule has 1 fully saturated rings. The van der Waals surface area contributed by atoms with Crippen molar-refractivity contribution in [2.24, 2.45) is 0 Å². The molecule has 2 aromatic heterocycles. The van der Waals surface area contributed by atoms with Gasteiger partial charge >= 0.3 is 0 Å². The number of para-hydroxylation sites is 1. The van der Waals surface area contributed by atoms with Gasteiger partial charge in [0.25, 0.3) is 5.91 Å². The highest BCUT2D eigenvalue weighted by atomic mass is 32.1. The van der Waals surface area contributed by atoms with Crippen molar-refractivity contribution in [3.8, 4) is 17.0 Å². The normalized spacial score (nSPS) is 15.5. The number of H-pyrrole nitrogens is 1. The van der Waals surface area contributed by atoms with Crippen LogP contribution in [0.25, 0.3) is 22.2 Å². The summed E-state index contributed by atoms with van der Waals surface area (Å²) < 4.78 is 0. The molecule has 194 valence electrons. The van der Waals surface area contributed by atoms with E-state index in [1.807, 2.05) is 29.2 Å². The molecule has 6 nitrogen and oxygen atoms in total. The highest BCUT2D eigenvalue weighted by Crippen LogP contribution is 2.42. The van der Waals surface area contributed by atoms with E-state index in [0.29, 0.717) is 30.5 Å². The molecule has 2 aromatic carbocycles. The summed E-state index contributed by atoms with van der Waals surface area (Å²) in [5.74, 6) is 0.713. The molecule has 4 aromatic rings. The Balaban J connectivity index is 1.35. The third-order valence-corrected chi connectivity index (χ3v) is 8.36. The van der Waals surface area contributed by atoms with Gasteiger partial charge in [0.15, 0.2) is 5.69 Å². The molecule has 0 bridgehead atoms. The number of nitrogens with zero attached hydrogens (tertiary/aromatic N) is 3. The SMILES string of the molecule is CC(C)(C)c1cc(-c2csc(C3CCN(C(=O)c4n[nH]c5ccccc45)CC3)n2)cc(C(C)(C)C)c1O. The number of likely N-dealkylation sites (tertiary alicyclic amines) is 1.